The first-order valence-corrected chi connectivity index (χ1v) is 6.99. The summed E-state index contributed by atoms with van der Waals surface area (Å²) >= 11 is 0. The van der Waals surface area contributed by atoms with Crippen molar-refractivity contribution in [2.45, 2.75) is 31.3 Å². The highest BCUT2D eigenvalue weighted by atomic mass is 16.5. The maximum absolute atomic E-state index is 12.4. The molecular weight excluding hydrogens is 250 g/mol. The monoisotopic (exact) mass is 269 g/mol. The Balaban J connectivity index is 2.15. The van der Waals surface area contributed by atoms with Gasteiger partial charge in [-0.1, -0.05) is 42.5 Å². The third kappa shape index (κ3) is 2.18. The van der Waals surface area contributed by atoms with Crippen LogP contribution in [0.15, 0.2) is 42.5 Å². The van der Waals surface area contributed by atoms with E-state index < -0.39 is 5.54 Å². The number of methoxy groups -OCH3 is 1. The molecule has 0 heterocycles. The topological polar surface area (TPSA) is 38.3 Å². The number of rotatable bonds is 4. The van der Waals surface area contributed by atoms with Crippen molar-refractivity contribution >= 4 is 16.7 Å². The fraction of sp³-hybridized carbons (Fsp3) is 0.353. The molecule has 3 nitrogen and oxygen atoms in total. The summed E-state index contributed by atoms with van der Waals surface area (Å²) < 4.78 is 5.05. The zero-order valence-electron chi connectivity index (χ0n) is 11.8. The van der Waals surface area contributed by atoms with Crippen LogP contribution >= 0.6 is 0 Å². The normalized spacial score (nSPS) is 17.7. The summed E-state index contributed by atoms with van der Waals surface area (Å²) in [5.41, 5.74) is 0.186. The molecule has 104 valence electrons. The summed E-state index contributed by atoms with van der Waals surface area (Å²) in [6, 6.07) is 14.6. The van der Waals surface area contributed by atoms with Gasteiger partial charge in [0.25, 0.3) is 0 Å². The fourth-order valence-corrected chi connectivity index (χ4v) is 2.75. The van der Waals surface area contributed by atoms with E-state index in [9.17, 15) is 4.79 Å². The second-order valence-corrected chi connectivity index (χ2v) is 5.56. The Hall–Kier alpha value is -1.87. The van der Waals surface area contributed by atoms with Gasteiger partial charge in [-0.2, -0.15) is 0 Å². The first-order valence-electron chi connectivity index (χ1n) is 6.99. The predicted molar refractivity (Wildman–Crippen MR) is 79.5 cm³/mol. The Morgan fingerprint density at radius 3 is 2.60 bits per heavy atom. The molecular formula is C17H19NO2. The third-order valence-corrected chi connectivity index (χ3v) is 3.99. The van der Waals surface area contributed by atoms with Crippen LogP contribution in [0.25, 0.3) is 10.8 Å². The number of carbonyl (C=O) groups excluding carboxylic acids is 1. The van der Waals surface area contributed by atoms with Crippen LogP contribution in [-0.4, -0.2) is 19.1 Å². The highest BCUT2D eigenvalue weighted by molar-refractivity contribution is 5.93. The number of benzene rings is 2. The van der Waals surface area contributed by atoms with Gasteiger partial charge in [0.2, 0.25) is 0 Å². The zero-order chi connectivity index (χ0) is 14.2. The second kappa shape index (κ2) is 4.91. The molecule has 2 aromatic rings. The lowest BCUT2D eigenvalue weighted by molar-refractivity contribution is -0.148. The van der Waals surface area contributed by atoms with E-state index in [1.807, 2.05) is 31.2 Å². The molecule has 1 aliphatic carbocycles. The number of hydrogen-bond donors (Lipinski definition) is 1. The minimum Gasteiger partial charge on any atom is -0.467 e. The number of nitrogens with one attached hydrogen (secondary N) is 1. The van der Waals surface area contributed by atoms with Crippen LogP contribution in [0.2, 0.25) is 0 Å². The van der Waals surface area contributed by atoms with E-state index >= 15 is 0 Å². The number of fused-ring (bicyclic) bond motifs is 1. The van der Waals surface area contributed by atoms with Crippen molar-refractivity contribution < 1.29 is 9.53 Å². The van der Waals surface area contributed by atoms with Gasteiger partial charge in [0.15, 0.2) is 0 Å². The highest BCUT2D eigenvalue weighted by Gasteiger charge is 2.41. The number of hydrogen-bond acceptors (Lipinski definition) is 3. The van der Waals surface area contributed by atoms with Crippen molar-refractivity contribution in [2.75, 3.05) is 7.11 Å². The molecule has 1 N–H and O–H groups in total. The van der Waals surface area contributed by atoms with Gasteiger partial charge in [-0.15, -0.1) is 0 Å². The SMILES string of the molecule is COC(=O)C(C)(NC1CC1)c1cccc2ccccc12. The summed E-state index contributed by atoms with van der Waals surface area (Å²) in [5, 5.41) is 5.68. The lowest BCUT2D eigenvalue weighted by Crippen LogP contribution is -2.48. The molecule has 0 aromatic heterocycles. The van der Waals surface area contributed by atoms with Crippen LogP contribution < -0.4 is 5.32 Å². The van der Waals surface area contributed by atoms with Crippen LogP contribution in [0.3, 0.4) is 0 Å². The largest absolute Gasteiger partial charge is 0.467 e. The van der Waals surface area contributed by atoms with Gasteiger partial charge >= 0.3 is 5.97 Å². The zero-order valence-corrected chi connectivity index (χ0v) is 11.8. The van der Waals surface area contributed by atoms with Gasteiger partial charge in [-0.05, 0) is 36.1 Å². The second-order valence-electron chi connectivity index (χ2n) is 5.56. The van der Waals surface area contributed by atoms with Gasteiger partial charge in [-0.25, -0.2) is 4.79 Å². The Bertz CT molecular complexity index is 643. The summed E-state index contributed by atoms with van der Waals surface area (Å²) in [4.78, 5) is 12.4. The number of esters is 1. The summed E-state index contributed by atoms with van der Waals surface area (Å²) in [6.45, 7) is 1.92. The summed E-state index contributed by atoms with van der Waals surface area (Å²) in [5.74, 6) is -0.235. The van der Waals surface area contributed by atoms with Gasteiger partial charge < -0.3 is 4.74 Å². The van der Waals surface area contributed by atoms with E-state index in [-0.39, 0.29) is 5.97 Å². The van der Waals surface area contributed by atoms with E-state index in [1.54, 1.807) is 0 Å². The first kappa shape index (κ1) is 13.1. The van der Waals surface area contributed by atoms with E-state index in [0.717, 1.165) is 29.2 Å². The quantitative estimate of drug-likeness (QED) is 0.867. The molecule has 0 radical (unpaired) electrons. The molecule has 0 spiro atoms. The van der Waals surface area contributed by atoms with Crippen LogP contribution in [0, 0.1) is 0 Å². The lowest BCUT2D eigenvalue weighted by Gasteiger charge is -2.30. The minimum absolute atomic E-state index is 0.235. The van der Waals surface area contributed by atoms with Crippen molar-refractivity contribution in [2.24, 2.45) is 0 Å². The number of ether oxygens (including phenoxy) is 1. The van der Waals surface area contributed by atoms with Crippen LogP contribution in [0.5, 0.6) is 0 Å². The third-order valence-electron chi connectivity index (χ3n) is 3.99. The molecule has 1 unspecified atom stereocenters. The Labute approximate surface area is 118 Å². The molecule has 2 aromatic carbocycles. The van der Waals surface area contributed by atoms with Crippen LogP contribution in [0.1, 0.15) is 25.3 Å². The average Bonchev–Trinajstić information content (AvgIpc) is 3.29. The van der Waals surface area contributed by atoms with Crippen LogP contribution in [0.4, 0.5) is 0 Å². The molecule has 1 saturated carbocycles. The van der Waals surface area contributed by atoms with Crippen molar-refractivity contribution in [1.82, 2.24) is 5.32 Å². The molecule has 1 atom stereocenters. The molecule has 0 aliphatic heterocycles. The van der Waals surface area contributed by atoms with Gasteiger partial charge in [0.1, 0.15) is 5.54 Å². The molecule has 3 rings (SSSR count). The molecule has 0 saturated heterocycles. The Kier molecular flexibility index (Phi) is 3.22. The molecule has 1 aliphatic rings. The standard InChI is InChI=1S/C17H19NO2/c1-17(16(19)20-2,18-13-10-11-13)15-9-5-7-12-6-3-4-8-14(12)15/h3-9,13,18H,10-11H2,1-2H3. The number of carbonyl (C=O) groups is 1. The van der Waals surface area contributed by atoms with E-state index in [0.29, 0.717) is 6.04 Å². The summed E-state index contributed by atoms with van der Waals surface area (Å²) in [6.07, 6.45) is 2.24. The summed E-state index contributed by atoms with van der Waals surface area (Å²) in [7, 11) is 1.44. The van der Waals surface area contributed by atoms with Gasteiger partial charge in [0.05, 0.1) is 7.11 Å². The smallest absolute Gasteiger partial charge is 0.330 e. The van der Waals surface area contributed by atoms with Gasteiger partial charge in [0, 0.05) is 6.04 Å². The van der Waals surface area contributed by atoms with Crippen molar-refractivity contribution in [3.05, 3.63) is 48.0 Å². The molecule has 20 heavy (non-hydrogen) atoms. The average molecular weight is 269 g/mol. The van der Waals surface area contributed by atoms with Crippen molar-refractivity contribution in [3.63, 3.8) is 0 Å². The Morgan fingerprint density at radius 2 is 1.90 bits per heavy atom. The molecule has 0 bridgehead atoms. The van der Waals surface area contributed by atoms with Crippen molar-refractivity contribution in [1.29, 1.82) is 0 Å². The first-order chi connectivity index (χ1) is 9.65. The van der Waals surface area contributed by atoms with Crippen LogP contribution in [-0.2, 0) is 15.1 Å². The van der Waals surface area contributed by atoms with Crippen molar-refractivity contribution in [3.8, 4) is 0 Å². The molecule has 1 fully saturated rings. The molecule has 0 amide bonds. The lowest BCUT2D eigenvalue weighted by atomic mass is 9.87. The fourth-order valence-electron chi connectivity index (χ4n) is 2.75. The maximum atomic E-state index is 12.4. The van der Waals surface area contributed by atoms with Gasteiger partial charge in [-0.3, -0.25) is 5.32 Å². The van der Waals surface area contributed by atoms with E-state index in [2.05, 4.69) is 23.5 Å². The minimum atomic E-state index is -0.795. The van der Waals surface area contributed by atoms with E-state index in [4.69, 9.17) is 4.74 Å². The van der Waals surface area contributed by atoms with E-state index in [1.165, 1.54) is 7.11 Å². The maximum Gasteiger partial charge on any atom is 0.330 e. The Morgan fingerprint density at radius 1 is 1.20 bits per heavy atom. The highest BCUT2D eigenvalue weighted by Crippen LogP contribution is 2.33. The predicted octanol–water partition coefficient (Wildman–Crippen LogP) is 2.98. The molecule has 3 heteroatoms.